The van der Waals surface area contributed by atoms with Gasteiger partial charge in [0.2, 0.25) is 21.8 Å². The zero-order valence-corrected chi connectivity index (χ0v) is 26.7. The maximum Gasteiger partial charge on any atom is 0.244 e. The van der Waals surface area contributed by atoms with Gasteiger partial charge < -0.3 is 24.4 Å². The van der Waals surface area contributed by atoms with Gasteiger partial charge in [-0.1, -0.05) is 42.5 Å². The number of fused-ring (bicyclic) bond motifs is 1. The summed E-state index contributed by atoms with van der Waals surface area (Å²) in [6.07, 6.45) is 0.225. The van der Waals surface area contributed by atoms with Crippen molar-refractivity contribution in [3.63, 3.8) is 0 Å². The van der Waals surface area contributed by atoms with Crippen LogP contribution in [0.4, 0.5) is 5.69 Å². The summed E-state index contributed by atoms with van der Waals surface area (Å²) >= 11 is 0. The minimum absolute atomic E-state index is 0.0479. The first kappa shape index (κ1) is 32.7. The lowest BCUT2D eigenvalue weighted by molar-refractivity contribution is -0.140. The number of anilines is 1. The number of benzene rings is 3. The molecule has 44 heavy (non-hydrogen) atoms. The van der Waals surface area contributed by atoms with Crippen molar-refractivity contribution in [1.82, 2.24) is 10.2 Å². The maximum atomic E-state index is 14.4. The topological polar surface area (TPSA) is 114 Å². The standard InChI is InChI=1S/C33H41N3O7S/c1-6-44(39,40)36(26-15-16-29-30(21-26)43-18-17-42-29)23-31(37)35(22-25-13-10-14-27(19-25)41-5)28(32(38)34-33(2,3)4)20-24-11-8-7-9-12-24/h7-16,19,21,28H,6,17-18,20,22-23H2,1-5H3,(H,34,38). The van der Waals surface area contributed by atoms with Crippen LogP contribution in [0.2, 0.25) is 0 Å². The van der Waals surface area contributed by atoms with E-state index in [1.54, 1.807) is 43.5 Å². The molecule has 0 aliphatic carbocycles. The number of rotatable bonds is 12. The van der Waals surface area contributed by atoms with E-state index in [4.69, 9.17) is 14.2 Å². The Morgan fingerprint density at radius 2 is 1.61 bits per heavy atom. The summed E-state index contributed by atoms with van der Waals surface area (Å²) in [6.45, 7) is 7.38. The van der Waals surface area contributed by atoms with Gasteiger partial charge in [-0.25, -0.2) is 8.42 Å². The summed E-state index contributed by atoms with van der Waals surface area (Å²) in [5, 5.41) is 3.02. The number of nitrogens with one attached hydrogen (secondary N) is 1. The molecule has 0 fully saturated rings. The van der Waals surface area contributed by atoms with Gasteiger partial charge in [0, 0.05) is 24.6 Å². The van der Waals surface area contributed by atoms with Crippen LogP contribution in [0, 0.1) is 0 Å². The zero-order valence-electron chi connectivity index (χ0n) is 25.9. The van der Waals surface area contributed by atoms with Crippen molar-refractivity contribution in [2.45, 2.75) is 52.2 Å². The molecular formula is C33H41N3O7S. The fourth-order valence-corrected chi connectivity index (χ4v) is 5.93. The van der Waals surface area contributed by atoms with Crippen LogP contribution in [0.1, 0.15) is 38.8 Å². The summed E-state index contributed by atoms with van der Waals surface area (Å²) in [4.78, 5) is 29.7. The molecule has 0 bridgehead atoms. The van der Waals surface area contributed by atoms with E-state index < -0.39 is 34.1 Å². The summed E-state index contributed by atoms with van der Waals surface area (Å²) in [5.74, 6) is 0.383. The van der Waals surface area contributed by atoms with Crippen LogP contribution in [0.5, 0.6) is 17.2 Å². The molecule has 1 heterocycles. The van der Waals surface area contributed by atoms with Gasteiger partial charge in [-0.05, 0) is 63.1 Å². The van der Waals surface area contributed by atoms with E-state index in [0.29, 0.717) is 30.5 Å². The highest BCUT2D eigenvalue weighted by atomic mass is 32.2. The molecule has 1 unspecified atom stereocenters. The van der Waals surface area contributed by atoms with E-state index >= 15 is 0 Å². The molecular weight excluding hydrogens is 582 g/mol. The molecule has 0 aromatic heterocycles. The zero-order chi connectivity index (χ0) is 31.9. The number of carbonyl (C=O) groups excluding carboxylic acids is 2. The van der Waals surface area contributed by atoms with Gasteiger partial charge in [0.25, 0.3) is 0 Å². The number of ether oxygens (including phenoxy) is 3. The molecule has 1 aliphatic rings. The van der Waals surface area contributed by atoms with E-state index in [1.165, 1.54) is 11.8 Å². The van der Waals surface area contributed by atoms with Gasteiger partial charge in [-0.2, -0.15) is 0 Å². The molecule has 2 amide bonds. The van der Waals surface area contributed by atoms with Gasteiger partial charge in [0.15, 0.2) is 11.5 Å². The van der Waals surface area contributed by atoms with Gasteiger partial charge in [0.05, 0.1) is 18.6 Å². The predicted molar refractivity (Wildman–Crippen MR) is 170 cm³/mol. The molecule has 3 aromatic rings. The molecule has 11 heteroatoms. The number of nitrogens with zero attached hydrogens (tertiary/aromatic N) is 2. The lowest BCUT2D eigenvalue weighted by atomic mass is 10.0. The SMILES string of the molecule is CCS(=O)(=O)N(CC(=O)N(Cc1cccc(OC)c1)C(Cc1ccccc1)C(=O)NC(C)(C)C)c1ccc2c(c1)OCCO2. The van der Waals surface area contributed by atoms with Crippen LogP contribution in [-0.4, -0.2) is 69.3 Å². The Bertz CT molecular complexity index is 1560. The summed E-state index contributed by atoms with van der Waals surface area (Å²) in [7, 11) is -2.36. The molecule has 1 aliphatic heterocycles. The first-order chi connectivity index (χ1) is 20.9. The first-order valence-corrected chi connectivity index (χ1v) is 16.2. The van der Waals surface area contributed by atoms with E-state index in [0.717, 1.165) is 15.4 Å². The van der Waals surface area contributed by atoms with Crippen LogP contribution in [0.3, 0.4) is 0 Å². The average molecular weight is 624 g/mol. The molecule has 1 N–H and O–H groups in total. The van der Waals surface area contributed by atoms with Gasteiger partial charge in [-0.3, -0.25) is 13.9 Å². The van der Waals surface area contributed by atoms with Gasteiger partial charge in [0.1, 0.15) is 31.5 Å². The summed E-state index contributed by atoms with van der Waals surface area (Å²) in [6, 6.07) is 20.5. The third-order valence-electron chi connectivity index (χ3n) is 7.05. The largest absolute Gasteiger partial charge is 0.497 e. The Balaban J connectivity index is 1.77. The van der Waals surface area contributed by atoms with Crippen molar-refractivity contribution in [2.75, 3.05) is 36.9 Å². The monoisotopic (exact) mass is 623 g/mol. The fraction of sp³-hybridized carbons (Fsp3) is 0.394. The maximum absolute atomic E-state index is 14.4. The van der Waals surface area contributed by atoms with Crippen molar-refractivity contribution in [3.05, 3.63) is 83.9 Å². The van der Waals surface area contributed by atoms with Gasteiger partial charge >= 0.3 is 0 Å². The highest BCUT2D eigenvalue weighted by Gasteiger charge is 2.35. The van der Waals surface area contributed by atoms with E-state index in [1.807, 2.05) is 57.2 Å². The molecule has 0 spiro atoms. The first-order valence-electron chi connectivity index (χ1n) is 14.6. The van der Waals surface area contributed by atoms with Crippen LogP contribution >= 0.6 is 0 Å². The molecule has 4 rings (SSSR count). The van der Waals surface area contributed by atoms with Crippen LogP contribution in [0.25, 0.3) is 0 Å². The van der Waals surface area contributed by atoms with Gasteiger partial charge in [-0.15, -0.1) is 0 Å². The lowest BCUT2D eigenvalue weighted by Crippen LogP contribution is -2.56. The van der Waals surface area contributed by atoms with Crippen molar-refractivity contribution in [1.29, 1.82) is 0 Å². The van der Waals surface area contributed by atoms with Crippen LogP contribution in [0.15, 0.2) is 72.8 Å². The van der Waals surface area contributed by atoms with Crippen molar-refractivity contribution in [2.24, 2.45) is 0 Å². The number of hydrogen-bond donors (Lipinski definition) is 1. The van der Waals surface area contributed by atoms with Crippen molar-refractivity contribution >= 4 is 27.5 Å². The van der Waals surface area contributed by atoms with Crippen LogP contribution in [-0.2, 0) is 32.6 Å². The Morgan fingerprint density at radius 1 is 0.932 bits per heavy atom. The Labute approximate surface area is 260 Å². The van der Waals surface area contributed by atoms with Crippen LogP contribution < -0.4 is 23.8 Å². The average Bonchev–Trinajstić information content (AvgIpc) is 3.00. The molecule has 0 saturated heterocycles. The number of carbonyl (C=O) groups is 2. The Hall–Kier alpha value is -4.25. The number of sulfonamides is 1. The Morgan fingerprint density at radius 3 is 2.27 bits per heavy atom. The molecule has 236 valence electrons. The predicted octanol–water partition coefficient (Wildman–Crippen LogP) is 4.18. The highest BCUT2D eigenvalue weighted by molar-refractivity contribution is 7.92. The molecule has 3 aromatic carbocycles. The second kappa shape index (κ2) is 14.0. The smallest absolute Gasteiger partial charge is 0.244 e. The normalized spacial score (nSPS) is 13.5. The summed E-state index contributed by atoms with van der Waals surface area (Å²) in [5.41, 5.74) is 1.28. The second-order valence-corrected chi connectivity index (χ2v) is 13.7. The highest BCUT2D eigenvalue weighted by Crippen LogP contribution is 2.35. The number of hydrogen-bond acceptors (Lipinski definition) is 7. The lowest BCUT2D eigenvalue weighted by Gasteiger charge is -2.35. The summed E-state index contributed by atoms with van der Waals surface area (Å²) < 4.78 is 44.6. The molecule has 10 nitrogen and oxygen atoms in total. The number of amides is 2. The molecule has 0 radical (unpaired) electrons. The quantitative estimate of drug-likeness (QED) is 0.322. The van der Waals surface area contributed by atoms with E-state index in [9.17, 15) is 18.0 Å². The second-order valence-electron chi connectivity index (χ2n) is 11.6. The van der Waals surface area contributed by atoms with Crippen molar-refractivity contribution in [3.8, 4) is 17.2 Å². The third-order valence-corrected chi connectivity index (χ3v) is 8.79. The third kappa shape index (κ3) is 8.43. The molecule has 1 atom stereocenters. The fourth-order valence-electron chi connectivity index (χ4n) is 4.88. The minimum Gasteiger partial charge on any atom is -0.497 e. The minimum atomic E-state index is -3.92. The van der Waals surface area contributed by atoms with E-state index in [2.05, 4.69) is 5.32 Å². The molecule has 0 saturated carbocycles. The van der Waals surface area contributed by atoms with E-state index in [-0.39, 0.29) is 30.3 Å². The number of methoxy groups -OCH3 is 1. The van der Waals surface area contributed by atoms with Crippen molar-refractivity contribution < 1.29 is 32.2 Å². The Kier molecular flexibility index (Phi) is 10.4.